The molecule has 1 aliphatic heterocycles. The number of thiocarbonyl (C=S) groups is 1. The molecular formula is C24H19F3N2O2S2. The monoisotopic (exact) mass is 488 g/mol. The highest BCUT2D eigenvalue weighted by atomic mass is 32.2. The van der Waals surface area contributed by atoms with Gasteiger partial charge in [-0.3, -0.25) is 9.69 Å². The number of carbonyl (C=O) groups excluding carboxylic acids is 1. The van der Waals surface area contributed by atoms with E-state index >= 15 is 0 Å². The van der Waals surface area contributed by atoms with Gasteiger partial charge in [-0.05, 0) is 74.0 Å². The van der Waals surface area contributed by atoms with E-state index in [2.05, 4.69) is 4.57 Å². The largest absolute Gasteiger partial charge is 0.497 e. The van der Waals surface area contributed by atoms with E-state index in [0.29, 0.717) is 4.91 Å². The predicted octanol–water partition coefficient (Wildman–Crippen LogP) is 6.53. The first-order valence-electron chi connectivity index (χ1n) is 9.88. The normalized spacial score (nSPS) is 15.6. The number of benzene rings is 2. The number of aryl methyl sites for hydroxylation is 1. The summed E-state index contributed by atoms with van der Waals surface area (Å²) in [6.07, 6.45) is -2.78. The second-order valence-corrected chi connectivity index (χ2v) is 9.10. The molecule has 0 saturated carbocycles. The van der Waals surface area contributed by atoms with Crippen molar-refractivity contribution >= 4 is 46.0 Å². The van der Waals surface area contributed by atoms with Crippen LogP contribution in [0.4, 0.5) is 18.9 Å². The zero-order valence-electron chi connectivity index (χ0n) is 17.9. The van der Waals surface area contributed by atoms with Crippen LogP contribution in [0.2, 0.25) is 0 Å². The zero-order chi connectivity index (χ0) is 23.9. The summed E-state index contributed by atoms with van der Waals surface area (Å²) in [7, 11) is 1.61. The molecular weight excluding hydrogens is 469 g/mol. The molecule has 2 aromatic carbocycles. The molecule has 1 saturated heterocycles. The summed E-state index contributed by atoms with van der Waals surface area (Å²) < 4.78 is 46.8. The van der Waals surface area contributed by atoms with Crippen LogP contribution < -0.4 is 9.64 Å². The van der Waals surface area contributed by atoms with Crippen molar-refractivity contribution in [1.29, 1.82) is 0 Å². The molecule has 0 bridgehead atoms. The van der Waals surface area contributed by atoms with Crippen LogP contribution in [-0.2, 0) is 11.0 Å². The van der Waals surface area contributed by atoms with E-state index in [9.17, 15) is 18.0 Å². The van der Waals surface area contributed by atoms with E-state index in [1.807, 2.05) is 44.2 Å². The Bertz CT molecular complexity index is 1280. The molecule has 3 aromatic rings. The van der Waals surface area contributed by atoms with E-state index in [1.165, 1.54) is 12.1 Å². The molecule has 1 amide bonds. The van der Waals surface area contributed by atoms with Gasteiger partial charge in [0.15, 0.2) is 4.32 Å². The minimum atomic E-state index is -4.51. The fourth-order valence-corrected chi connectivity index (χ4v) is 5.01. The molecule has 0 N–H and O–H groups in total. The van der Waals surface area contributed by atoms with Gasteiger partial charge in [-0.2, -0.15) is 13.2 Å². The number of nitrogens with zero attached hydrogens (tertiary/aromatic N) is 2. The van der Waals surface area contributed by atoms with Crippen molar-refractivity contribution in [1.82, 2.24) is 4.57 Å². The highest BCUT2D eigenvalue weighted by Gasteiger charge is 2.36. The number of amides is 1. The Morgan fingerprint density at radius 2 is 1.73 bits per heavy atom. The SMILES string of the molecule is COc1ccc(-n2c(C)cc(C=C3SC(=S)N(c4cccc(C(F)(F)F)c4)C3=O)c2C)cc1. The second-order valence-electron chi connectivity index (χ2n) is 7.43. The minimum absolute atomic E-state index is 0.0967. The molecule has 9 heteroatoms. The summed E-state index contributed by atoms with van der Waals surface area (Å²) in [6.45, 7) is 3.90. The van der Waals surface area contributed by atoms with Crippen LogP contribution in [0.15, 0.2) is 59.5 Å². The van der Waals surface area contributed by atoms with Gasteiger partial charge in [0.1, 0.15) is 5.75 Å². The molecule has 170 valence electrons. The number of aromatic nitrogens is 1. The van der Waals surface area contributed by atoms with Crippen molar-refractivity contribution in [2.75, 3.05) is 12.0 Å². The van der Waals surface area contributed by atoms with Gasteiger partial charge in [-0.15, -0.1) is 0 Å². The minimum Gasteiger partial charge on any atom is -0.497 e. The van der Waals surface area contributed by atoms with Gasteiger partial charge in [0, 0.05) is 17.1 Å². The van der Waals surface area contributed by atoms with Crippen LogP contribution >= 0.6 is 24.0 Å². The van der Waals surface area contributed by atoms with Crippen molar-refractivity contribution in [3.63, 3.8) is 0 Å². The van der Waals surface area contributed by atoms with E-state index in [4.69, 9.17) is 17.0 Å². The van der Waals surface area contributed by atoms with E-state index in [1.54, 1.807) is 13.2 Å². The first kappa shape index (κ1) is 23.1. The van der Waals surface area contributed by atoms with Gasteiger partial charge in [-0.1, -0.05) is 30.0 Å². The number of ether oxygens (including phenoxy) is 1. The average molecular weight is 489 g/mol. The van der Waals surface area contributed by atoms with Crippen molar-refractivity contribution in [3.05, 3.63) is 82.0 Å². The van der Waals surface area contributed by atoms with Crippen molar-refractivity contribution in [3.8, 4) is 11.4 Å². The number of carbonyl (C=O) groups is 1. The number of thioether (sulfide) groups is 1. The molecule has 1 aromatic heterocycles. The van der Waals surface area contributed by atoms with E-state index in [0.717, 1.165) is 57.2 Å². The molecule has 4 rings (SSSR count). The first-order valence-corrected chi connectivity index (χ1v) is 11.1. The summed E-state index contributed by atoms with van der Waals surface area (Å²) >= 11 is 6.39. The summed E-state index contributed by atoms with van der Waals surface area (Å²) in [4.78, 5) is 14.6. The number of halogens is 3. The number of alkyl halides is 3. The van der Waals surface area contributed by atoms with Crippen LogP contribution in [0.1, 0.15) is 22.5 Å². The van der Waals surface area contributed by atoms with Gasteiger partial charge < -0.3 is 9.30 Å². The fourth-order valence-electron chi connectivity index (χ4n) is 3.72. The molecule has 1 aliphatic rings. The number of hydrogen-bond acceptors (Lipinski definition) is 4. The van der Waals surface area contributed by atoms with Crippen LogP contribution in [0, 0.1) is 13.8 Å². The van der Waals surface area contributed by atoms with E-state index in [-0.39, 0.29) is 10.0 Å². The molecule has 0 aliphatic carbocycles. The number of hydrogen-bond donors (Lipinski definition) is 0. The Balaban J connectivity index is 1.67. The summed E-state index contributed by atoms with van der Waals surface area (Å²) in [5, 5.41) is 0. The molecule has 0 radical (unpaired) electrons. The lowest BCUT2D eigenvalue weighted by molar-refractivity contribution is -0.137. The molecule has 33 heavy (non-hydrogen) atoms. The van der Waals surface area contributed by atoms with Gasteiger partial charge in [-0.25, -0.2) is 0 Å². The third-order valence-electron chi connectivity index (χ3n) is 5.31. The lowest BCUT2D eigenvalue weighted by Gasteiger charge is -2.16. The molecule has 0 atom stereocenters. The van der Waals surface area contributed by atoms with Gasteiger partial charge >= 0.3 is 6.18 Å². The Hall–Kier alpha value is -3.04. The quantitative estimate of drug-likeness (QED) is 0.309. The smallest absolute Gasteiger partial charge is 0.416 e. The maximum atomic E-state index is 13.1. The molecule has 0 spiro atoms. The summed E-state index contributed by atoms with van der Waals surface area (Å²) in [5.41, 5.74) is 2.93. The third kappa shape index (κ3) is 4.43. The number of methoxy groups -OCH3 is 1. The summed E-state index contributed by atoms with van der Waals surface area (Å²) in [6, 6.07) is 14.2. The third-order valence-corrected chi connectivity index (χ3v) is 6.62. The van der Waals surface area contributed by atoms with Crippen molar-refractivity contribution in [2.24, 2.45) is 0 Å². The standard InChI is InChI=1S/C24H19F3N2O2S2/c1-14-11-16(15(2)28(14)18-7-9-20(31-3)10-8-18)12-21-22(30)29(23(32)33-21)19-6-4-5-17(13-19)24(25,26)27/h4-13H,1-3H3. The van der Waals surface area contributed by atoms with Gasteiger partial charge in [0.05, 0.1) is 23.3 Å². The van der Waals surface area contributed by atoms with Crippen LogP contribution in [0.25, 0.3) is 11.8 Å². The Labute approximate surface area is 198 Å². The number of anilines is 1. The Morgan fingerprint density at radius 3 is 2.36 bits per heavy atom. The highest BCUT2D eigenvalue weighted by Crippen LogP contribution is 2.39. The zero-order valence-corrected chi connectivity index (χ0v) is 19.6. The Kier molecular flexibility index (Phi) is 6.11. The molecule has 2 heterocycles. The van der Waals surface area contributed by atoms with Gasteiger partial charge in [0.25, 0.3) is 5.91 Å². The van der Waals surface area contributed by atoms with Crippen LogP contribution in [0.5, 0.6) is 5.75 Å². The number of rotatable bonds is 4. The fraction of sp³-hybridized carbons (Fsp3) is 0.167. The topological polar surface area (TPSA) is 34.5 Å². The van der Waals surface area contributed by atoms with Crippen LogP contribution in [-0.4, -0.2) is 21.9 Å². The molecule has 1 fully saturated rings. The van der Waals surface area contributed by atoms with Crippen LogP contribution in [0.3, 0.4) is 0 Å². The second kappa shape index (κ2) is 8.72. The van der Waals surface area contributed by atoms with Gasteiger partial charge in [0.2, 0.25) is 0 Å². The van der Waals surface area contributed by atoms with Crippen molar-refractivity contribution in [2.45, 2.75) is 20.0 Å². The summed E-state index contributed by atoms with van der Waals surface area (Å²) in [5.74, 6) is 0.304. The predicted molar refractivity (Wildman–Crippen MR) is 129 cm³/mol. The lowest BCUT2D eigenvalue weighted by Crippen LogP contribution is -2.27. The molecule has 0 unspecified atom stereocenters. The average Bonchev–Trinajstić information content (AvgIpc) is 3.21. The maximum Gasteiger partial charge on any atom is 0.416 e. The maximum absolute atomic E-state index is 13.1. The van der Waals surface area contributed by atoms with E-state index < -0.39 is 17.6 Å². The highest BCUT2D eigenvalue weighted by molar-refractivity contribution is 8.27. The first-order chi connectivity index (χ1) is 15.6. The lowest BCUT2D eigenvalue weighted by atomic mass is 10.1. The molecule has 4 nitrogen and oxygen atoms in total. The van der Waals surface area contributed by atoms with Crippen molar-refractivity contribution < 1.29 is 22.7 Å². The Morgan fingerprint density at radius 1 is 1.03 bits per heavy atom.